The van der Waals surface area contributed by atoms with Crippen molar-refractivity contribution in [1.82, 2.24) is 0 Å². The summed E-state index contributed by atoms with van der Waals surface area (Å²) < 4.78 is 19.2. The quantitative estimate of drug-likeness (QED) is 0.677. The molecule has 0 N–H and O–H groups in total. The molecule has 0 saturated carbocycles. The molecule has 1 aliphatic rings. The fourth-order valence-electron chi connectivity index (χ4n) is 1.43. The zero-order chi connectivity index (χ0) is 10.3. The topological polar surface area (TPSA) is 12.5 Å². The maximum absolute atomic E-state index is 13.4. The van der Waals surface area contributed by atoms with Crippen molar-refractivity contribution >= 4 is 33.2 Å². The minimum atomic E-state index is -0.442. The maximum Gasteiger partial charge on any atom is 0.158 e. The first kappa shape index (κ1) is 10.1. The van der Waals surface area contributed by atoms with Crippen LogP contribution in [0, 0.1) is 5.82 Å². The van der Waals surface area contributed by atoms with Crippen molar-refractivity contribution in [2.24, 2.45) is 0 Å². The van der Waals surface area contributed by atoms with Crippen molar-refractivity contribution in [2.45, 2.75) is 0 Å². The van der Waals surface area contributed by atoms with Crippen molar-refractivity contribution in [3.63, 3.8) is 0 Å². The molecule has 5 heteroatoms. The molecule has 14 heavy (non-hydrogen) atoms. The van der Waals surface area contributed by atoms with Crippen LogP contribution in [0.3, 0.4) is 0 Å². The normalized spacial score (nSPS) is 15.0. The number of rotatable bonds is 0. The molecule has 0 radical (unpaired) electrons. The van der Waals surface area contributed by atoms with E-state index >= 15 is 0 Å². The summed E-state index contributed by atoms with van der Waals surface area (Å²) in [4.78, 5) is 1.93. The van der Waals surface area contributed by atoms with Crippen LogP contribution in [0.15, 0.2) is 10.5 Å². The highest BCUT2D eigenvalue weighted by atomic mass is 79.9. The van der Waals surface area contributed by atoms with Gasteiger partial charge in [-0.1, -0.05) is 11.6 Å². The fourth-order valence-corrected chi connectivity index (χ4v) is 2.45. The van der Waals surface area contributed by atoms with Crippen LogP contribution in [0.25, 0.3) is 0 Å². The number of likely N-dealkylation sites (N-methyl/N-ethyl adjacent to an activating group) is 1. The summed E-state index contributed by atoms with van der Waals surface area (Å²) in [6, 6.07) is 1.51. The van der Waals surface area contributed by atoms with Crippen molar-refractivity contribution < 1.29 is 9.13 Å². The Labute approximate surface area is 94.7 Å². The van der Waals surface area contributed by atoms with Gasteiger partial charge in [0.2, 0.25) is 0 Å². The van der Waals surface area contributed by atoms with Crippen molar-refractivity contribution in [1.29, 1.82) is 0 Å². The highest BCUT2D eigenvalue weighted by Crippen LogP contribution is 2.42. The molecule has 0 aromatic heterocycles. The largest absolute Gasteiger partial charge is 0.489 e. The van der Waals surface area contributed by atoms with Crippen LogP contribution in [0.1, 0.15) is 0 Å². The van der Waals surface area contributed by atoms with Crippen LogP contribution in [0.4, 0.5) is 10.1 Å². The second-order valence-corrected chi connectivity index (χ2v) is 4.30. The molecule has 2 nitrogen and oxygen atoms in total. The van der Waals surface area contributed by atoms with Gasteiger partial charge in [-0.15, -0.1) is 0 Å². The van der Waals surface area contributed by atoms with Crippen molar-refractivity contribution in [3.8, 4) is 5.75 Å². The van der Waals surface area contributed by atoms with E-state index in [1.807, 2.05) is 11.9 Å². The lowest BCUT2D eigenvalue weighted by molar-refractivity contribution is 0.310. The average molecular weight is 281 g/mol. The molecule has 1 heterocycles. The van der Waals surface area contributed by atoms with E-state index < -0.39 is 5.82 Å². The van der Waals surface area contributed by atoms with E-state index in [1.165, 1.54) is 6.07 Å². The summed E-state index contributed by atoms with van der Waals surface area (Å²) in [5, 5.41) is 0.0749. The summed E-state index contributed by atoms with van der Waals surface area (Å²) >= 11 is 8.87. The van der Waals surface area contributed by atoms with Crippen molar-refractivity contribution in [2.75, 3.05) is 25.1 Å². The summed E-state index contributed by atoms with van der Waals surface area (Å²) in [5.41, 5.74) is 0.721. The van der Waals surface area contributed by atoms with E-state index in [0.717, 1.165) is 12.2 Å². The van der Waals surface area contributed by atoms with Gasteiger partial charge in [-0.05, 0) is 15.9 Å². The van der Waals surface area contributed by atoms with Gasteiger partial charge in [-0.2, -0.15) is 0 Å². The summed E-state index contributed by atoms with van der Waals surface area (Å²) in [6.07, 6.45) is 0. The molecule has 0 amide bonds. The molecule has 0 fully saturated rings. The standard InChI is InChI=1S/C9H8BrClFNO/c1-13-2-3-14-6-4-5(11)8(12)7(10)9(6)13/h4H,2-3H2,1H3. The molecule has 0 unspecified atom stereocenters. The van der Waals surface area contributed by atoms with E-state index in [2.05, 4.69) is 15.9 Å². The number of benzene rings is 1. The van der Waals surface area contributed by atoms with Crippen LogP contribution < -0.4 is 9.64 Å². The second kappa shape index (κ2) is 3.59. The van der Waals surface area contributed by atoms with E-state index in [-0.39, 0.29) is 5.02 Å². The van der Waals surface area contributed by atoms with E-state index in [9.17, 15) is 4.39 Å². The SMILES string of the molecule is CN1CCOc2cc(Cl)c(F)c(Br)c21. The lowest BCUT2D eigenvalue weighted by Crippen LogP contribution is -2.29. The first-order valence-electron chi connectivity index (χ1n) is 4.12. The smallest absolute Gasteiger partial charge is 0.158 e. The molecule has 2 rings (SSSR count). The Bertz CT molecular complexity index is 386. The lowest BCUT2D eigenvalue weighted by Gasteiger charge is -2.29. The Kier molecular flexibility index (Phi) is 2.58. The third-order valence-corrected chi connectivity index (χ3v) is 3.17. The molecule has 76 valence electrons. The van der Waals surface area contributed by atoms with Gasteiger partial charge in [-0.25, -0.2) is 4.39 Å². The average Bonchev–Trinajstić information content (AvgIpc) is 2.14. The molecule has 1 aromatic carbocycles. The van der Waals surface area contributed by atoms with Crippen LogP contribution in [0.2, 0.25) is 5.02 Å². The number of anilines is 1. The molecular weight excluding hydrogens is 272 g/mol. The van der Waals surface area contributed by atoms with Crippen LogP contribution in [0.5, 0.6) is 5.75 Å². The molecule has 0 bridgehead atoms. The summed E-state index contributed by atoms with van der Waals surface area (Å²) in [5.74, 6) is 0.180. The predicted molar refractivity (Wildman–Crippen MR) is 57.9 cm³/mol. The number of ether oxygens (including phenoxy) is 1. The molecule has 0 atom stereocenters. The lowest BCUT2D eigenvalue weighted by atomic mass is 10.2. The Morgan fingerprint density at radius 3 is 3.07 bits per heavy atom. The molecule has 0 aliphatic carbocycles. The van der Waals surface area contributed by atoms with Crippen molar-refractivity contribution in [3.05, 3.63) is 21.4 Å². The van der Waals surface area contributed by atoms with Gasteiger partial charge in [0.1, 0.15) is 12.4 Å². The first-order chi connectivity index (χ1) is 6.61. The number of fused-ring (bicyclic) bond motifs is 1. The monoisotopic (exact) mass is 279 g/mol. The zero-order valence-electron chi connectivity index (χ0n) is 7.48. The van der Waals surface area contributed by atoms with E-state index in [1.54, 1.807) is 0 Å². The summed E-state index contributed by atoms with van der Waals surface area (Å²) in [7, 11) is 1.89. The molecule has 0 spiro atoms. The van der Waals surface area contributed by atoms with Crippen LogP contribution >= 0.6 is 27.5 Å². The van der Waals surface area contributed by atoms with Gasteiger partial charge >= 0.3 is 0 Å². The summed E-state index contributed by atoms with van der Waals surface area (Å²) in [6.45, 7) is 1.34. The number of nitrogens with zero attached hydrogens (tertiary/aromatic N) is 1. The third kappa shape index (κ3) is 1.46. The first-order valence-corrected chi connectivity index (χ1v) is 5.30. The van der Waals surface area contributed by atoms with Gasteiger partial charge in [0.05, 0.1) is 21.7 Å². The highest BCUT2D eigenvalue weighted by molar-refractivity contribution is 9.10. The van der Waals surface area contributed by atoms with Gasteiger partial charge < -0.3 is 9.64 Å². The minimum Gasteiger partial charge on any atom is -0.489 e. The van der Waals surface area contributed by atoms with Gasteiger partial charge in [0, 0.05) is 13.1 Å². The third-order valence-electron chi connectivity index (χ3n) is 2.17. The fraction of sp³-hybridized carbons (Fsp3) is 0.333. The van der Waals surface area contributed by atoms with Crippen LogP contribution in [-0.2, 0) is 0 Å². The molecule has 0 saturated heterocycles. The van der Waals surface area contributed by atoms with Gasteiger partial charge in [0.25, 0.3) is 0 Å². The van der Waals surface area contributed by atoms with Gasteiger partial charge in [-0.3, -0.25) is 0 Å². The van der Waals surface area contributed by atoms with Crippen LogP contribution in [-0.4, -0.2) is 20.2 Å². The highest BCUT2D eigenvalue weighted by Gasteiger charge is 2.22. The minimum absolute atomic E-state index is 0.0749. The second-order valence-electron chi connectivity index (χ2n) is 3.10. The molecule has 1 aliphatic heterocycles. The van der Waals surface area contributed by atoms with E-state index in [0.29, 0.717) is 16.8 Å². The Morgan fingerprint density at radius 2 is 2.36 bits per heavy atom. The molecular formula is C9H8BrClFNO. The Morgan fingerprint density at radius 1 is 1.64 bits per heavy atom. The maximum atomic E-state index is 13.4. The van der Waals surface area contributed by atoms with Gasteiger partial charge in [0.15, 0.2) is 5.82 Å². The zero-order valence-corrected chi connectivity index (χ0v) is 9.82. The predicted octanol–water partition coefficient (Wildman–Crippen LogP) is 3.07. The number of halogens is 3. The number of hydrogen-bond donors (Lipinski definition) is 0. The number of hydrogen-bond acceptors (Lipinski definition) is 2. The Balaban J connectivity index is 2.64. The molecule has 1 aromatic rings. The van der Waals surface area contributed by atoms with E-state index in [4.69, 9.17) is 16.3 Å². The Hall–Kier alpha value is -0.480.